The van der Waals surface area contributed by atoms with Crippen molar-refractivity contribution in [1.82, 2.24) is 5.32 Å². The summed E-state index contributed by atoms with van der Waals surface area (Å²) in [5, 5.41) is 30.0. The summed E-state index contributed by atoms with van der Waals surface area (Å²) in [7, 11) is 0. The zero-order valence-electron chi connectivity index (χ0n) is 17.5. The Morgan fingerprint density at radius 2 is 1.47 bits per heavy atom. The third kappa shape index (κ3) is 5.84. The Morgan fingerprint density at radius 3 is 2.15 bits per heavy atom. The molecule has 0 radical (unpaired) electrons. The number of benzene rings is 3. The van der Waals surface area contributed by atoms with E-state index in [2.05, 4.69) is 16.0 Å². The van der Waals surface area contributed by atoms with Crippen LogP contribution >= 0.6 is 11.6 Å². The molecule has 174 valence electrons. The molecule has 2 amide bonds. The molecule has 0 heterocycles. The van der Waals surface area contributed by atoms with E-state index in [0.717, 1.165) is 12.1 Å². The molecule has 0 saturated carbocycles. The number of rotatable bonds is 9. The number of para-hydroxylation sites is 3. The highest BCUT2D eigenvalue weighted by Gasteiger charge is 2.18. The van der Waals surface area contributed by atoms with Gasteiger partial charge in [0.1, 0.15) is 5.69 Å². The SMILES string of the molecule is O=C(Nc1ccccc1C(=O)NCCNc1ccccc1[N+](=O)[O-])c1ccc([N+](=O)[O-])cc1Cl. The molecule has 12 heteroatoms. The lowest BCUT2D eigenvalue weighted by molar-refractivity contribution is -0.384. The Bertz CT molecular complexity index is 1270. The van der Waals surface area contributed by atoms with Crippen molar-refractivity contribution in [3.8, 4) is 0 Å². The van der Waals surface area contributed by atoms with Gasteiger partial charge < -0.3 is 16.0 Å². The lowest BCUT2D eigenvalue weighted by Crippen LogP contribution is -2.29. The molecule has 3 aromatic carbocycles. The van der Waals surface area contributed by atoms with Crippen LogP contribution in [-0.2, 0) is 0 Å². The van der Waals surface area contributed by atoms with Gasteiger partial charge in [0.15, 0.2) is 0 Å². The van der Waals surface area contributed by atoms with E-state index in [1.165, 1.54) is 24.3 Å². The van der Waals surface area contributed by atoms with Gasteiger partial charge in [-0.15, -0.1) is 0 Å². The fraction of sp³-hybridized carbons (Fsp3) is 0.0909. The van der Waals surface area contributed by atoms with Gasteiger partial charge in [-0.2, -0.15) is 0 Å². The molecule has 34 heavy (non-hydrogen) atoms. The first-order valence-electron chi connectivity index (χ1n) is 9.87. The zero-order valence-corrected chi connectivity index (χ0v) is 18.2. The van der Waals surface area contributed by atoms with Crippen molar-refractivity contribution in [3.05, 3.63) is 103 Å². The van der Waals surface area contributed by atoms with Gasteiger partial charge in [0, 0.05) is 31.3 Å². The monoisotopic (exact) mass is 483 g/mol. The molecule has 0 aliphatic carbocycles. The number of anilines is 2. The minimum Gasteiger partial charge on any atom is -0.378 e. The van der Waals surface area contributed by atoms with Gasteiger partial charge in [-0.25, -0.2) is 0 Å². The second-order valence-corrected chi connectivity index (χ2v) is 7.29. The summed E-state index contributed by atoms with van der Waals surface area (Å²) in [6.07, 6.45) is 0. The summed E-state index contributed by atoms with van der Waals surface area (Å²) >= 11 is 6.01. The van der Waals surface area contributed by atoms with E-state index in [4.69, 9.17) is 11.6 Å². The number of carbonyl (C=O) groups excluding carboxylic acids is 2. The van der Waals surface area contributed by atoms with E-state index < -0.39 is 21.7 Å². The maximum atomic E-state index is 12.7. The first-order chi connectivity index (χ1) is 16.3. The Balaban J connectivity index is 1.63. The maximum absolute atomic E-state index is 12.7. The van der Waals surface area contributed by atoms with Crippen LogP contribution in [0.5, 0.6) is 0 Å². The molecule has 3 rings (SSSR count). The van der Waals surface area contributed by atoms with E-state index in [9.17, 15) is 29.8 Å². The number of nitro benzene ring substituents is 2. The Hall–Kier alpha value is -4.51. The summed E-state index contributed by atoms with van der Waals surface area (Å²) < 4.78 is 0. The van der Waals surface area contributed by atoms with Gasteiger partial charge in [0.2, 0.25) is 0 Å². The van der Waals surface area contributed by atoms with Crippen molar-refractivity contribution in [2.75, 3.05) is 23.7 Å². The van der Waals surface area contributed by atoms with Crippen molar-refractivity contribution in [3.63, 3.8) is 0 Å². The molecular weight excluding hydrogens is 466 g/mol. The van der Waals surface area contributed by atoms with E-state index in [1.807, 2.05) is 0 Å². The number of hydrogen-bond acceptors (Lipinski definition) is 7. The molecule has 0 fully saturated rings. The molecule has 0 spiro atoms. The number of hydrogen-bond donors (Lipinski definition) is 3. The van der Waals surface area contributed by atoms with Crippen molar-refractivity contribution in [1.29, 1.82) is 0 Å². The molecule has 0 unspecified atom stereocenters. The predicted molar refractivity (Wildman–Crippen MR) is 126 cm³/mol. The lowest BCUT2D eigenvalue weighted by atomic mass is 10.1. The molecule has 0 atom stereocenters. The maximum Gasteiger partial charge on any atom is 0.292 e. The average molecular weight is 484 g/mol. The number of halogens is 1. The third-order valence-electron chi connectivity index (χ3n) is 4.65. The predicted octanol–water partition coefficient (Wildman–Crippen LogP) is 4.25. The molecule has 0 aliphatic rings. The standard InChI is InChI=1S/C22H18ClN5O6/c23-17-13-14(27(31)32)9-10-15(17)22(30)26-18-6-2-1-5-16(18)21(29)25-12-11-24-19-7-3-4-8-20(19)28(33)34/h1-10,13,24H,11-12H2,(H,25,29)(H,26,30). The van der Waals surface area contributed by atoms with Gasteiger partial charge in [0.05, 0.1) is 31.7 Å². The van der Waals surface area contributed by atoms with E-state index in [-0.39, 0.29) is 46.3 Å². The van der Waals surface area contributed by atoms with E-state index in [0.29, 0.717) is 5.69 Å². The van der Waals surface area contributed by atoms with Crippen LogP contribution in [0.4, 0.5) is 22.7 Å². The van der Waals surface area contributed by atoms with Crippen LogP contribution in [0.1, 0.15) is 20.7 Å². The number of nitrogens with zero attached hydrogens (tertiary/aromatic N) is 2. The first-order valence-corrected chi connectivity index (χ1v) is 10.3. The van der Waals surface area contributed by atoms with Crippen LogP contribution < -0.4 is 16.0 Å². The molecule has 0 aromatic heterocycles. The Morgan fingerprint density at radius 1 is 0.794 bits per heavy atom. The number of carbonyl (C=O) groups is 2. The zero-order chi connectivity index (χ0) is 24.7. The average Bonchev–Trinajstić information content (AvgIpc) is 2.82. The fourth-order valence-electron chi connectivity index (χ4n) is 3.03. The lowest BCUT2D eigenvalue weighted by Gasteiger charge is -2.12. The quantitative estimate of drug-likeness (QED) is 0.233. The van der Waals surface area contributed by atoms with E-state index >= 15 is 0 Å². The van der Waals surface area contributed by atoms with Crippen LogP contribution in [0.3, 0.4) is 0 Å². The van der Waals surface area contributed by atoms with Gasteiger partial charge >= 0.3 is 0 Å². The molecule has 11 nitrogen and oxygen atoms in total. The minimum absolute atomic E-state index is 0.0103. The highest BCUT2D eigenvalue weighted by atomic mass is 35.5. The fourth-order valence-corrected chi connectivity index (χ4v) is 3.29. The largest absolute Gasteiger partial charge is 0.378 e. The topological polar surface area (TPSA) is 157 Å². The van der Waals surface area contributed by atoms with Crippen molar-refractivity contribution >= 4 is 46.2 Å². The number of non-ortho nitro benzene ring substituents is 1. The van der Waals surface area contributed by atoms with Crippen molar-refractivity contribution < 1.29 is 19.4 Å². The first kappa shape index (κ1) is 24.1. The smallest absolute Gasteiger partial charge is 0.292 e. The van der Waals surface area contributed by atoms with Crippen molar-refractivity contribution in [2.24, 2.45) is 0 Å². The number of nitro groups is 2. The van der Waals surface area contributed by atoms with Crippen LogP contribution in [0, 0.1) is 20.2 Å². The molecule has 0 aliphatic heterocycles. The summed E-state index contributed by atoms with van der Waals surface area (Å²) in [5.74, 6) is -1.12. The normalized spacial score (nSPS) is 10.3. The highest BCUT2D eigenvalue weighted by molar-refractivity contribution is 6.34. The summed E-state index contributed by atoms with van der Waals surface area (Å²) in [6.45, 7) is 0.380. The van der Waals surface area contributed by atoms with Crippen LogP contribution in [0.2, 0.25) is 5.02 Å². The van der Waals surface area contributed by atoms with Crippen molar-refractivity contribution in [2.45, 2.75) is 0 Å². The summed E-state index contributed by atoms with van der Waals surface area (Å²) in [5.41, 5.74) is 0.402. The van der Waals surface area contributed by atoms with Gasteiger partial charge in [0.25, 0.3) is 23.2 Å². The Labute approximate surface area is 198 Å². The minimum atomic E-state index is -0.641. The molecule has 0 bridgehead atoms. The van der Waals surface area contributed by atoms with E-state index in [1.54, 1.807) is 30.3 Å². The van der Waals surface area contributed by atoms with Gasteiger partial charge in [-0.05, 0) is 24.3 Å². The van der Waals surface area contributed by atoms with Crippen LogP contribution in [0.15, 0.2) is 66.7 Å². The van der Waals surface area contributed by atoms with Crippen LogP contribution in [0.25, 0.3) is 0 Å². The molecule has 0 saturated heterocycles. The molecule has 3 aromatic rings. The van der Waals surface area contributed by atoms with Gasteiger partial charge in [-0.3, -0.25) is 29.8 Å². The van der Waals surface area contributed by atoms with Gasteiger partial charge in [-0.1, -0.05) is 35.9 Å². The summed E-state index contributed by atoms with van der Waals surface area (Å²) in [4.78, 5) is 46.1. The third-order valence-corrected chi connectivity index (χ3v) is 4.97. The molecule has 3 N–H and O–H groups in total. The van der Waals surface area contributed by atoms with Crippen LogP contribution in [-0.4, -0.2) is 34.8 Å². The highest BCUT2D eigenvalue weighted by Crippen LogP contribution is 2.25. The summed E-state index contributed by atoms with van der Waals surface area (Å²) in [6, 6.07) is 15.9. The molecular formula is C22H18ClN5O6. The second kappa shape index (κ2) is 10.9. The number of nitrogens with one attached hydrogen (secondary N) is 3. The Kier molecular flexibility index (Phi) is 7.72. The number of amides is 2. The second-order valence-electron chi connectivity index (χ2n) is 6.88.